The van der Waals surface area contributed by atoms with E-state index in [9.17, 15) is 5.11 Å². The van der Waals surface area contributed by atoms with Crippen molar-refractivity contribution in [2.45, 2.75) is 71.1 Å². The first-order valence-corrected chi connectivity index (χ1v) is 9.71. The minimum atomic E-state index is -0.437. The molecule has 4 heteroatoms. The number of benzene rings is 1. The minimum absolute atomic E-state index is 0.367. The van der Waals surface area contributed by atoms with E-state index in [0.717, 1.165) is 5.75 Å². The van der Waals surface area contributed by atoms with E-state index in [0.29, 0.717) is 44.4 Å². The van der Waals surface area contributed by atoms with Crippen LogP contribution in [0.4, 0.5) is 0 Å². The lowest BCUT2D eigenvalue weighted by Crippen LogP contribution is -2.48. The zero-order valence-electron chi connectivity index (χ0n) is 16.3. The number of hydrogen-bond acceptors (Lipinski definition) is 4. The highest BCUT2D eigenvalue weighted by Crippen LogP contribution is 2.22. The summed E-state index contributed by atoms with van der Waals surface area (Å²) in [5.74, 6) is 1.40. The molecule has 4 nitrogen and oxygen atoms in total. The zero-order valence-corrected chi connectivity index (χ0v) is 16.3. The molecule has 25 heavy (non-hydrogen) atoms. The second-order valence-electron chi connectivity index (χ2n) is 7.63. The normalized spacial score (nSPS) is 23.0. The van der Waals surface area contributed by atoms with Gasteiger partial charge in [-0.05, 0) is 50.3 Å². The summed E-state index contributed by atoms with van der Waals surface area (Å²) < 4.78 is 11.3. The van der Waals surface area contributed by atoms with Crippen LogP contribution in [0.2, 0.25) is 0 Å². The summed E-state index contributed by atoms with van der Waals surface area (Å²) in [6.45, 7) is 10.9. The molecule has 1 aromatic rings. The maximum Gasteiger partial charge on any atom is 0.119 e. The molecule has 1 aliphatic rings. The van der Waals surface area contributed by atoms with Gasteiger partial charge in [0, 0.05) is 18.6 Å². The number of piperidine rings is 1. The molecule has 3 atom stereocenters. The van der Waals surface area contributed by atoms with Crippen molar-refractivity contribution in [3.05, 3.63) is 29.8 Å². The molecular formula is C21H35NO3. The Balaban J connectivity index is 1.60. The third-order valence-electron chi connectivity index (χ3n) is 5.15. The summed E-state index contributed by atoms with van der Waals surface area (Å²) in [5, 5.41) is 10.2. The average molecular weight is 350 g/mol. The van der Waals surface area contributed by atoms with E-state index >= 15 is 0 Å². The Hall–Kier alpha value is -1.10. The zero-order chi connectivity index (χ0) is 18.2. The van der Waals surface area contributed by atoms with Gasteiger partial charge in [0.2, 0.25) is 0 Å². The van der Waals surface area contributed by atoms with Crippen LogP contribution < -0.4 is 4.74 Å². The molecule has 1 aliphatic heterocycles. The van der Waals surface area contributed by atoms with Crippen molar-refractivity contribution in [1.82, 2.24) is 4.90 Å². The molecule has 0 aromatic heterocycles. The number of β-amino-alcohol motifs (C(OH)–C–C–N with tert-alkyl or cyclic N) is 1. The average Bonchev–Trinajstić information content (AvgIpc) is 2.58. The van der Waals surface area contributed by atoms with Crippen molar-refractivity contribution in [1.29, 1.82) is 0 Å². The molecule has 2 rings (SSSR count). The second-order valence-corrected chi connectivity index (χ2v) is 7.63. The van der Waals surface area contributed by atoms with Gasteiger partial charge in [0.15, 0.2) is 0 Å². The maximum absolute atomic E-state index is 10.2. The largest absolute Gasteiger partial charge is 0.491 e. The molecule has 0 radical (unpaired) electrons. The first-order chi connectivity index (χ1) is 12.0. The molecule has 1 heterocycles. The fraction of sp³-hybridized carbons (Fsp3) is 0.714. The van der Waals surface area contributed by atoms with Gasteiger partial charge >= 0.3 is 0 Å². The smallest absolute Gasteiger partial charge is 0.119 e. The Bertz CT molecular complexity index is 478. The molecule has 142 valence electrons. The Labute approximate surface area is 153 Å². The summed E-state index contributed by atoms with van der Waals surface area (Å²) in [6, 6.07) is 9.31. The molecule has 1 fully saturated rings. The highest BCUT2D eigenvalue weighted by Gasteiger charge is 2.26. The van der Waals surface area contributed by atoms with Gasteiger partial charge in [-0.3, -0.25) is 4.90 Å². The quantitative estimate of drug-likeness (QED) is 0.688. The van der Waals surface area contributed by atoms with Crippen LogP contribution in [0.15, 0.2) is 24.3 Å². The molecule has 1 aromatic carbocycles. The summed E-state index contributed by atoms with van der Waals surface area (Å²) in [7, 11) is 0. The first-order valence-electron chi connectivity index (χ1n) is 9.71. The van der Waals surface area contributed by atoms with Gasteiger partial charge in [0.25, 0.3) is 0 Å². The van der Waals surface area contributed by atoms with Crippen LogP contribution in [-0.2, 0) is 4.74 Å². The molecular weight excluding hydrogens is 314 g/mol. The lowest BCUT2D eigenvalue weighted by Gasteiger charge is -2.40. The SMILES string of the molecule is CC(C)c1ccc(OCCOC[C@H](O)CN2[C@H](C)CCC[C@@H]2C)cc1. The predicted octanol–water partition coefficient (Wildman–Crippen LogP) is 3.83. The number of nitrogens with zero attached hydrogens (tertiary/aromatic N) is 1. The monoisotopic (exact) mass is 349 g/mol. The van der Waals surface area contributed by atoms with Crippen LogP contribution in [-0.4, -0.2) is 54.6 Å². The van der Waals surface area contributed by atoms with E-state index in [1.807, 2.05) is 12.1 Å². The van der Waals surface area contributed by atoms with Crippen LogP contribution in [0, 0.1) is 0 Å². The summed E-state index contributed by atoms with van der Waals surface area (Å²) in [6.07, 6.45) is 3.30. The van der Waals surface area contributed by atoms with Crippen molar-refractivity contribution in [3.63, 3.8) is 0 Å². The number of ether oxygens (including phenoxy) is 2. The molecule has 1 N–H and O–H groups in total. The van der Waals surface area contributed by atoms with Crippen LogP contribution in [0.25, 0.3) is 0 Å². The third kappa shape index (κ3) is 6.61. The number of rotatable bonds is 9. The Kier molecular flexibility index (Phi) is 8.20. The van der Waals surface area contributed by atoms with Crippen LogP contribution in [0.1, 0.15) is 58.4 Å². The third-order valence-corrected chi connectivity index (χ3v) is 5.15. The van der Waals surface area contributed by atoms with E-state index in [-0.39, 0.29) is 0 Å². The van der Waals surface area contributed by atoms with E-state index in [1.54, 1.807) is 0 Å². The van der Waals surface area contributed by atoms with Gasteiger partial charge in [-0.1, -0.05) is 32.4 Å². The van der Waals surface area contributed by atoms with Crippen LogP contribution >= 0.6 is 0 Å². The van der Waals surface area contributed by atoms with E-state index < -0.39 is 6.10 Å². The van der Waals surface area contributed by atoms with Crippen molar-refractivity contribution < 1.29 is 14.6 Å². The lowest BCUT2D eigenvalue weighted by atomic mass is 9.97. The van der Waals surface area contributed by atoms with Gasteiger partial charge in [-0.25, -0.2) is 0 Å². The predicted molar refractivity (Wildman–Crippen MR) is 102 cm³/mol. The molecule has 1 saturated heterocycles. The number of aliphatic hydroxyl groups is 1. The molecule has 0 spiro atoms. The Morgan fingerprint density at radius 3 is 2.32 bits per heavy atom. The summed E-state index contributed by atoms with van der Waals surface area (Å²) in [4.78, 5) is 2.41. The fourth-order valence-electron chi connectivity index (χ4n) is 3.52. The molecule has 0 amide bonds. The van der Waals surface area contributed by atoms with E-state index in [1.165, 1.54) is 24.8 Å². The van der Waals surface area contributed by atoms with Gasteiger partial charge in [-0.2, -0.15) is 0 Å². The van der Waals surface area contributed by atoms with Crippen LogP contribution in [0.5, 0.6) is 5.75 Å². The van der Waals surface area contributed by atoms with Gasteiger partial charge < -0.3 is 14.6 Å². The van der Waals surface area contributed by atoms with Gasteiger partial charge in [-0.15, -0.1) is 0 Å². The highest BCUT2D eigenvalue weighted by atomic mass is 16.5. The van der Waals surface area contributed by atoms with Crippen molar-refractivity contribution >= 4 is 0 Å². The highest BCUT2D eigenvalue weighted by molar-refractivity contribution is 5.28. The molecule has 0 aliphatic carbocycles. The van der Waals surface area contributed by atoms with Gasteiger partial charge in [0.1, 0.15) is 12.4 Å². The van der Waals surface area contributed by atoms with E-state index in [2.05, 4.69) is 44.7 Å². The fourth-order valence-corrected chi connectivity index (χ4v) is 3.52. The number of aliphatic hydroxyl groups excluding tert-OH is 1. The molecule has 0 saturated carbocycles. The van der Waals surface area contributed by atoms with Gasteiger partial charge in [0.05, 0.1) is 19.3 Å². The Morgan fingerprint density at radius 1 is 1.08 bits per heavy atom. The number of hydrogen-bond donors (Lipinski definition) is 1. The Morgan fingerprint density at radius 2 is 1.72 bits per heavy atom. The molecule has 0 unspecified atom stereocenters. The minimum Gasteiger partial charge on any atom is -0.491 e. The second kappa shape index (κ2) is 10.1. The lowest BCUT2D eigenvalue weighted by molar-refractivity contribution is -0.0141. The van der Waals surface area contributed by atoms with Crippen molar-refractivity contribution in [2.24, 2.45) is 0 Å². The maximum atomic E-state index is 10.2. The summed E-state index contributed by atoms with van der Waals surface area (Å²) >= 11 is 0. The number of likely N-dealkylation sites (tertiary alicyclic amines) is 1. The molecule has 0 bridgehead atoms. The van der Waals surface area contributed by atoms with Crippen molar-refractivity contribution in [3.8, 4) is 5.75 Å². The van der Waals surface area contributed by atoms with Crippen LogP contribution in [0.3, 0.4) is 0 Å². The van der Waals surface area contributed by atoms with Crippen molar-refractivity contribution in [2.75, 3.05) is 26.4 Å². The summed E-state index contributed by atoms with van der Waals surface area (Å²) in [5.41, 5.74) is 1.31. The standard InChI is InChI=1S/C21H35NO3/c1-16(2)19-8-10-21(11-9-19)25-13-12-24-15-20(23)14-22-17(3)6-5-7-18(22)4/h8-11,16-18,20,23H,5-7,12-15H2,1-4H3/t17-,18+,20-/m1/s1. The van der Waals surface area contributed by atoms with E-state index in [4.69, 9.17) is 9.47 Å². The topological polar surface area (TPSA) is 41.9 Å². The first kappa shape index (κ1) is 20.2.